The number of aryl methyl sites for hydroxylation is 1. The van der Waals surface area contributed by atoms with E-state index in [2.05, 4.69) is 17.2 Å². The summed E-state index contributed by atoms with van der Waals surface area (Å²) in [5.41, 5.74) is 3.38. The number of rotatable bonds is 5. The summed E-state index contributed by atoms with van der Waals surface area (Å²) in [6.07, 6.45) is 2.83. The van der Waals surface area contributed by atoms with Crippen LogP contribution < -0.4 is 5.32 Å². The third-order valence-electron chi connectivity index (χ3n) is 5.39. The van der Waals surface area contributed by atoms with Crippen LogP contribution in [-0.2, 0) is 28.9 Å². The van der Waals surface area contributed by atoms with Gasteiger partial charge in [-0.15, -0.1) is 11.3 Å². The number of para-hydroxylation sites is 2. The van der Waals surface area contributed by atoms with Crippen molar-refractivity contribution in [2.75, 3.05) is 11.9 Å². The van der Waals surface area contributed by atoms with Crippen LogP contribution in [-0.4, -0.2) is 28.0 Å². The van der Waals surface area contributed by atoms with Gasteiger partial charge in [-0.2, -0.15) is 0 Å². The largest absolute Gasteiger partial charge is 0.462 e. The average molecular weight is 412 g/mol. The van der Waals surface area contributed by atoms with E-state index >= 15 is 0 Å². The van der Waals surface area contributed by atoms with Gasteiger partial charge in [-0.1, -0.05) is 19.1 Å². The summed E-state index contributed by atoms with van der Waals surface area (Å²) in [6.45, 7) is 6.37. The molecular weight excluding hydrogens is 386 g/mol. The first kappa shape index (κ1) is 19.6. The Hall–Kier alpha value is -2.67. The Morgan fingerprint density at radius 1 is 1.34 bits per heavy atom. The van der Waals surface area contributed by atoms with Crippen molar-refractivity contribution in [2.45, 2.75) is 46.6 Å². The molecular formula is C22H25N3O3S. The van der Waals surface area contributed by atoms with Gasteiger partial charge in [0.15, 0.2) is 0 Å². The lowest BCUT2D eigenvalue weighted by Crippen LogP contribution is -2.21. The molecule has 1 atom stereocenters. The number of nitrogens with one attached hydrogen (secondary N) is 1. The molecule has 0 saturated heterocycles. The number of nitrogens with zero attached hydrogens (tertiary/aromatic N) is 2. The van der Waals surface area contributed by atoms with Crippen LogP contribution in [0.2, 0.25) is 0 Å². The van der Waals surface area contributed by atoms with Gasteiger partial charge >= 0.3 is 5.97 Å². The third kappa shape index (κ3) is 3.79. The first-order valence-electron chi connectivity index (χ1n) is 10.0. The van der Waals surface area contributed by atoms with Gasteiger partial charge in [0.05, 0.1) is 23.2 Å². The highest BCUT2D eigenvalue weighted by Crippen LogP contribution is 2.40. The van der Waals surface area contributed by atoms with Crippen molar-refractivity contribution >= 4 is 39.2 Å². The summed E-state index contributed by atoms with van der Waals surface area (Å²) in [5.74, 6) is 0.846. The molecule has 0 spiro atoms. The van der Waals surface area contributed by atoms with E-state index < -0.39 is 0 Å². The van der Waals surface area contributed by atoms with Crippen molar-refractivity contribution in [2.24, 2.45) is 5.92 Å². The minimum atomic E-state index is -0.348. The molecule has 2 aromatic heterocycles. The minimum absolute atomic E-state index is 0.146. The number of benzene rings is 1. The molecule has 0 fully saturated rings. The molecule has 1 aliphatic rings. The summed E-state index contributed by atoms with van der Waals surface area (Å²) < 4.78 is 7.18. The van der Waals surface area contributed by atoms with Crippen molar-refractivity contribution in [1.29, 1.82) is 0 Å². The second kappa shape index (κ2) is 7.99. The lowest BCUT2D eigenvalue weighted by atomic mass is 9.88. The molecule has 7 heteroatoms. The molecule has 0 aliphatic heterocycles. The second-order valence-electron chi connectivity index (χ2n) is 7.56. The van der Waals surface area contributed by atoms with Crippen molar-refractivity contribution in [1.82, 2.24) is 9.55 Å². The maximum atomic E-state index is 12.9. The van der Waals surface area contributed by atoms with Gasteiger partial charge in [0.2, 0.25) is 5.91 Å². The van der Waals surface area contributed by atoms with E-state index in [0.717, 1.165) is 41.7 Å². The highest BCUT2D eigenvalue weighted by Gasteiger charge is 2.29. The number of imidazole rings is 1. The molecule has 1 amide bonds. The normalized spacial score (nSPS) is 15.9. The molecule has 4 rings (SSSR count). The maximum Gasteiger partial charge on any atom is 0.341 e. The number of anilines is 1. The van der Waals surface area contributed by atoms with Gasteiger partial charge < -0.3 is 14.6 Å². The molecule has 0 bridgehead atoms. The molecule has 0 saturated carbocycles. The van der Waals surface area contributed by atoms with E-state index in [-0.39, 0.29) is 18.4 Å². The van der Waals surface area contributed by atoms with Crippen LogP contribution in [0.25, 0.3) is 11.0 Å². The molecule has 1 aliphatic carbocycles. The van der Waals surface area contributed by atoms with E-state index in [9.17, 15) is 9.59 Å². The van der Waals surface area contributed by atoms with Crippen LogP contribution in [0, 0.1) is 12.8 Å². The number of fused-ring (bicyclic) bond motifs is 2. The Balaban J connectivity index is 1.62. The van der Waals surface area contributed by atoms with E-state index in [1.54, 1.807) is 6.92 Å². The molecule has 1 aromatic carbocycles. The molecule has 2 heterocycles. The van der Waals surface area contributed by atoms with Crippen LogP contribution in [0.4, 0.5) is 5.00 Å². The highest BCUT2D eigenvalue weighted by molar-refractivity contribution is 7.17. The predicted molar refractivity (Wildman–Crippen MR) is 115 cm³/mol. The summed E-state index contributed by atoms with van der Waals surface area (Å²) >= 11 is 1.51. The van der Waals surface area contributed by atoms with Gasteiger partial charge in [0, 0.05) is 4.88 Å². The van der Waals surface area contributed by atoms with Gasteiger partial charge in [0.25, 0.3) is 0 Å². The Labute approximate surface area is 173 Å². The number of amides is 1. The first-order valence-corrected chi connectivity index (χ1v) is 10.8. The molecule has 1 unspecified atom stereocenters. The molecule has 0 radical (unpaired) electrons. The van der Waals surface area contributed by atoms with Crippen molar-refractivity contribution in [3.8, 4) is 0 Å². The van der Waals surface area contributed by atoms with Crippen LogP contribution in [0.3, 0.4) is 0 Å². The molecule has 1 N–H and O–H groups in total. The SMILES string of the molecule is CCOC(=O)c1c(NC(=O)Cn2c(C)nc3ccccc32)sc2c1CCC(C)C2. The number of ether oxygens (including phenoxy) is 1. The van der Waals surface area contributed by atoms with Crippen molar-refractivity contribution in [3.63, 3.8) is 0 Å². The lowest BCUT2D eigenvalue weighted by Gasteiger charge is -2.18. The first-order chi connectivity index (χ1) is 14.0. The lowest BCUT2D eigenvalue weighted by molar-refractivity contribution is -0.116. The van der Waals surface area contributed by atoms with E-state index in [0.29, 0.717) is 23.1 Å². The third-order valence-corrected chi connectivity index (χ3v) is 6.56. The number of aromatic nitrogens is 2. The van der Waals surface area contributed by atoms with E-state index in [1.807, 2.05) is 35.8 Å². The van der Waals surface area contributed by atoms with Crippen LogP contribution in [0.15, 0.2) is 24.3 Å². The van der Waals surface area contributed by atoms with Gasteiger partial charge in [-0.05, 0) is 56.7 Å². The van der Waals surface area contributed by atoms with Gasteiger partial charge in [-0.3, -0.25) is 4.79 Å². The zero-order valence-corrected chi connectivity index (χ0v) is 17.8. The van der Waals surface area contributed by atoms with Crippen LogP contribution >= 0.6 is 11.3 Å². The number of hydrogen-bond acceptors (Lipinski definition) is 5. The average Bonchev–Trinajstić information content (AvgIpc) is 3.18. The summed E-state index contributed by atoms with van der Waals surface area (Å²) in [4.78, 5) is 31.2. The Morgan fingerprint density at radius 2 is 2.14 bits per heavy atom. The van der Waals surface area contributed by atoms with Crippen LogP contribution in [0.1, 0.15) is 46.9 Å². The smallest absolute Gasteiger partial charge is 0.341 e. The van der Waals surface area contributed by atoms with Crippen molar-refractivity contribution in [3.05, 3.63) is 46.1 Å². The summed E-state index contributed by atoms with van der Waals surface area (Å²) in [6, 6.07) is 7.76. The maximum absolute atomic E-state index is 12.9. The number of esters is 1. The Morgan fingerprint density at radius 3 is 2.93 bits per heavy atom. The zero-order valence-electron chi connectivity index (χ0n) is 16.9. The zero-order chi connectivity index (χ0) is 20.5. The minimum Gasteiger partial charge on any atom is -0.462 e. The number of thiophene rings is 1. The van der Waals surface area contributed by atoms with Gasteiger partial charge in [0.1, 0.15) is 17.4 Å². The number of hydrogen-bond donors (Lipinski definition) is 1. The molecule has 3 aromatic rings. The standard InChI is InChI=1S/C22H25N3O3S/c1-4-28-22(27)20-15-10-9-13(2)11-18(15)29-21(20)24-19(26)12-25-14(3)23-16-7-5-6-8-17(16)25/h5-8,13H,4,9-12H2,1-3H3,(H,24,26). The van der Waals surface area contributed by atoms with Gasteiger partial charge in [-0.25, -0.2) is 9.78 Å². The second-order valence-corrected chi connectivity index (χ2v) is 8.66. The number of carbonyl (C=O) groups is 2. The Bertz CT molecular complexity index is 1080. The van der Waals surface area contributed by atoms with E-state index in [4.69, 9.17) is 4.74 Å². The molecule has 29 heavy (non-hydrogen) atoms. The predicted octanol–water partition coefficient (Wildman–Crippen LogP) is 4.35. The summed E-state index contributed by atoms with van der Waals surface area (Å²) in [7, 11) is 0. The monoisotopic (exact) mass is 411 g/mol. The van der Waals surface area contributed by atoms with Crippen molar-refractivity contribution < 1.29 is 14.3 Å². The molecule has 6 nitrogen and oxygen atoms in total. The van der Waals surface area contributed by atoms with E-state index in [1.165, 1.54) is 16.2 Å². The Kier molecular flexibility index (Phi) is 5.41. The fourth-order valence-corrected chi connectivity index (χ4v) is 5.38. The fourth-order valence-electron chi connectivity index (χ4n) is 3.96. The highest BCUT2D eigenvalue weighted by atomic mass is 32.1. The number of carbonyl (C=O) groups excluding carboxylic acids is 2. The summed E-state index contributed by atoms with van der Waals surface area (Å²) in [5, 5.41) is 3.59. The molecule has 152 valence electrons. The quantitative estimate of drug-likeness (QED) is 0.634. The fraction of sp³-hybridized carbons (Fsp3) is 0.409. The topological polar surface area (TPSA) is 73.2 Å². The van der Waals surface area contributed by atoms with Crippen LogP contribution in [0.5, 0.6) is 0 Å².